The highest BCUT2D eigenvalue weighted by atomic mass is 79.9. The van der Waals surface area contributed by atoms with E-state index in [1.165, 1.54) is 0 Å². The molecule has 3 N–H and O–H groups in total. The van der Waals surface area contributed by atoms with E-state index >= 15 is 0 Å². The second-order valence-electron chi connectivity index (χ2n) is 6.05. The van der Waals surface area contributed by atoms with Gasteiger partial charge in [-0.15, -0.1) is 0 Å². The summed E-state index contributed by atoms with van der Waals surface area (Å²) >= 11 is 3.55. The summed E-state index contributed by atoms with van der Waals surface area (Å²) < 4.78 is 6.56. The van der Waals surface area contributed by atoms with Gasteiger partial charge in [-0.05, 0) is 45.6 Å². The predicted octanol–water partition coefficient (Wildman–Crippen LogP) is 2.21. The predicted molar refractivity (Wildman–Crippen MR) is 98.8 cm³/mol. The van der Waals surface area contributed by atoms with Crippen molar-refractivity contribution >= 4 is 38.5 Å². The molecule has 132 valence electrons. The van der Waals surface area contributed by atoms with E-state index in [0.717, 1.165) is 15.2 Å². The molecule has 1 heterocycles. The number of fused-ring (bicyclic) bond motifs is 1. The molecule has 2 amide bonds. The van der Waals surface area contributed by atoms with Crippen LogP contribution >= 0.6 is 15.9 Å². The SMILES string of the molecule is NNC(=O)C1CCN(C(=O)COc2ccc3ccccc3c2Br)CC1. The maximum atomic E-state index is 12.4. The molecule has 1 fully saturated rings. The summed E-state index contributed by atoms with van der Waals surface area (Å²) in [5, 5.41) is 2.15. The van der Waals surface area contributed by atoms with Crippen molar-refractivity contribution in [1.82, 2.24) is 10.3 Å². The van der Waals surface area contributed by atoms with Crippen LogP contribution in [0.25, 0.3) is 10.8 Å². The van der Waals surface area contributed by atoms with Gasteiger partial charge in [0.15, 0.2) is 6.61 Å². The van der Waals surface area contributed by atoms with Gasteiger partial charge in [-0.3, -0.25) is 15.0 Å². The number of carbonyl (C=O) groups is 2. The van der Waals surface area contributed by atoms with Crippen molar-refractivity contribution in [3.05, 3.63) is 40.9 Å². The van der Waals surface area contributed by atoms with Gasteiger partial charge in [-0.25, -0.2) is 5.84 Å². The number of amides is 2. The Bertz CT molecular complexity index is 788. The summed E-state index contributed by atoms with van der Waals surface area (Å²) in [5.74, 6) is 5.44. The summed E-state index contributed by atoms with van der Waals surface area (Å²) in [6.07, 6.45) is 1.24. The molecule has 0 saturated carbocycles. The Morgan fingerprint density at radius 3 is 2.64 bits per heavy atom. The van der Waals surface area contributed by atoms with E-state index in [1.807, 2.05) is 36.4 Å². The van der Waals surface area contributed by atoms with Gasteiger partial charge in [0.05, 0.1) is 4.47 Å². The number of carbonyl (C=O) groups excluding carboxylic acids is 2. The second-order valence-corrected chi connectivity index (χ2v) is 6.84. The number of halogens is 1. The second kappa shape index (κ2) is 7.84. The minimum absolute atomic E-state index is 0.0231. The first-order valence-electron chi connectivity index (χ1n) is 8.18. The molecule has 1 saturated heterocycles. The Hall–Kier alpha value is -2.12. The summed E-state index contributed by atoms with van der Waals surface area (Å²) in [4.78, 5) is 25.6. The van der Waals surface area contributed by atoms with Crippen LogP contribution in [0.15, 0.2) is 40.9 Å². The topological polar surface area (TPSA) is 84.7 Å². The monoisotopic (exact) mass is 405 g/mol. The van der Waals surface area contributed by atoms with Crippen molar-refractivity contribution in [2.75, 3.05) is 19.7 Å². The molecule has 0 atom stereocenters. The molecule has 1 aliphatic rings. The van der Waals surface area contributed by atoms with Gasteiger partial charge in [0, 0.05) is 19.0 Å². The third kappa shape index (κ3) is 3.93. The zero-order valence-electron chi connectivity index (χ0n) is 13.7. The van der Waals surface area contributed by atoms with Gasteiger partial charge in [0.25, 0.3) is 5.91 Å². The van der Waals surface area contributed by atoms with Crippen LogP contribution in [-0.4, -0.2) is 36.4 Å². The average molecular weight is 406 g/mol. The normalized spacial score (nSPS) is 15.2. The number of piperidine rings is 1. The molecule has 6 nitrogen and oxygen atoms in total. The first-order valence-corrected chi connectivity index (χ1v) is 8.97. The van der Waals surface area contributed by atoms with Gasteiger partial charge in [-0.2, -0.15) is 0 Å². The summed E-state index contributed by atoms with van der Waals surface area (Å²) in [6.45, 7) is 1.06. The van der Waals surface area contributed by atoms with E-state index < -0.39 is 0 Å². The highest BCUT2D eigenvalue weighted by molar-refractivity contribution is 9.10. The number of hydrogen-bond donors (Lipinski definition) is 2. The van der Waals surface area contributed by atoms with Crippen LogP contribution in [0.2, 0.25) is 0 Å². The lowest BCUT2D eigenvalue weighted by Gasteiger charge is -2.31. The van der Waals surface area contributed by atoms with Crippen molar-refractivity contribution in [3.63, 3.8) is 0 Å². The molecule has 1 aliphatic heterocycles. The van der Waals surface area contributed by atoms with Crippen LogP contribution in [0, 0.1) is 5.92 Å². The molecule has 0 unspecified atom stereocenters. The molecule has 2 aromatic carbocycles. The van der Waals surface area contributed by atoms with Gasteiger partial charge in [0.1, 0.15) is 5.75 Å². The van der Waals surface area contributed by atoms with Gasteiger partial charge < -0.3 is 9.64 Å². The van der Waals surface area contributed by atoms with Gasteiger partial charge >= 0.3 is 0 Å². The van der Waals surface area contributed by atoms with Crippen LogP contribution in [0.4, 0.5) is 0 Å². The molecule has 7 heteroatoms. The van der Waals surface area contributed by atoms with Crippen molar-refractivity contribution < 1.29 is 14.3 Å². The first-order chi connectivity index (χ1) is 12.1. The van der Waals surface area contributed by atoms with Crippen molar-refractivity contribution in [2.24, 2.45) is 11.8 Å². The number of ether oxygens (including phenoxy) is 1. The van der Waals surface area contributed by atoms with Crippen molar-refractivity contribution in [1.29, 1.82) is 0 Å². The smallest absolute Gasteiger partial charge is 0.260 e. The molecular formula is C18H20BrN3O3. The average Bonchev–Trinajstić information content (AvgIpc) is 2.67. The number of hydrogen-bond acceptors (Lipinski definition) is 4. The van der Waals surface area contributed by atoms with Crippen LogP contribution in [0.5, 0.6) is 5.75 Å². The maximum Gasteiger partial charge on any atom is 0.260 e. The number of hydrazine groups is 1. The van der Waals surface area contributed by atoms with Gasteiger partial charge in [-0.1, -0.05) is 30.3 Å². The fraction of sp³-hybridized carbons (Fsp3) is 0.333. The number of nitrogens with two attached hydrogens (primary N) is 1. The minimum atomic E-state index is -0.163. The maximum absolute atomic E-state index is 12.4. The van der Waals surface area contributed by atoms with E-state index in [1.54, 1.807) is 4.90 Å². The summed E-state index contributed by atoms with van der Waals surface area (Å²) in [5.41, 5.74) is 2.17. The molecule has 0 radical (unpaired) electrons. The number of likely N-dealkylation sites (tertiary alicyclic amines) is 1. The Morgan fingerprint density at radius 2 is 1.92 bits per heavy atom. The zero-order chi connectivity index (χ0) is 17.8. The van der Waals surface area contributed by atoms with Crippen LogP contribution in [0.1, 0.15) is 12.8 Å². The number of rotatable bonds is 4. The molecule has 25 heavy (non-hydrogen) atoms. The Kier molecular flexibility index (Phi) is 5.55. The van der Waals surface area contributed by atoms with Crippen LogP contribution in [0.3, 0.4) is 0 Å². The number of nitrogens with zero attached hydrogens (tertiary/aromatic N) is 1. The van der Waals surface area contributed by atoms with Crippen molar-refractivity contribution in [3.8, 4) is 5.75 Å². The van der Waals surface area contributed by atoms with E-state index in [-0.39, 0.29) is 24.3 Å². The lowest BCUT2D eigenvalue weighted by Crippen LogP contribution is -2.45. The third-order valence-electron chi connectivity index (χ3n) is 4.54. The van der Waals surface area contributed by atoms with Crippen molar-refractivity contribution in [2.45, 2.75) is 12.8 Å². The van der Waals surface area contributed by atoms with E-state index in [9.17, 15) is 9.59 Å². The Balaban J connectivity index is 1.58. The van der Waals surface area contributed by atoms with Crippen LogP contribution in [-0.2, 0) is 9.59 Å². The minimum Gasteiger partial charge on any atom is -0.483 e. The molecule has 0 aromatic heterocycles. The van der Waals surface area contributed by atoms with E-state index in [2.05, 4.69) is 21.4 Å². The highest BCUT2D eigenvalue weighted by Crippen LogP contribution is 2.33. The summed E-state index contributed by atoms with van der Waals surface area (Å²) in [6, 6.07) is 11.8. The lowest BCUT2D eigenvalue weighted by atomic mass is 9.96. The molecule has 2 aromatic rings. The molecule has 0 aliphatic carbocycles. The molecule has 0 bridgehead atoms. The Labute approximate surface area is 154 Å². The zero-order valence-corrected chi connectivity index (χ0v) is 15.3. The standard InChI is InChI=1S/C18H20BrN3O3/c19-17-14-4-2-1-3-12(14)5-6-15(17)25-11-16(23)22-9-7-13(8-10-22)18(24)21-20/h1-6,13H,7-11,20H2,(H,21,24). The number of nitrogens with one attached hydrogen (secondary N) is 1. The van der Waals surface area contributed by atoms with E-state index in [0.29, 0.717) is 31.7 Å². The quantitative estimate of drug-likeness (QED) is 0.463. The van der Waals surface area contributed by atoms with Gasteiger partial charge in [0.2, 0.25) is 5.91 Å². The summed E-state index contributed by atoms with van der Waals surface area (Å²) in [7, 11) is 0. The molecule has 0 spiro atoms. The van der Waals surface area contributed by atoms with Crippen LogP contribution < -0.4 is 16.0 Å². The first kappa shape index (κ1) is 17.7. The Morgan fingerprint density at radius 1 is 1.20 bits per heavy atom. The van der Waals surface area contributed by atoms with E-state index in [4.69, 9.17) is 10.6 Å². The highest BCUT2D eigenvalue weighted by Gasteiger charge is 2.27. The fourth-order valence-corrected chi connectivity index (χ4v) is 3.67. The fourth-order valence-electron chi connectivity index (χ4n) is 3.06. The number of benzene rings is 2. The lowest BCUT2D eigenvalue weighted by molar-refractivity contribution is -0.137. The third-order valence-corrected chi connectivity index (χ3v) is 5.36. The molecule has 3 rings (SSSR count). The molecular weight excluding hydrogens is 386 g/mol. The largest absolute Gasteiger partial charge is 0.483 e.